The van der Waals surface area contributed by atoms with Crippen molar-refractivity contribution in [2.24, 2.45) is 0 Å². The number of fused-ring (bicyclic) bond motifs is 3. The Morgan fingerprint density at radius 3 is 3.21 bits per heavy atom. The minimum Gasteiger partial charge on any atom is -0.298 e. The fourth-order valence-electron chi connectivity index (χ4n) is 1.56. The van der Waals surface area contributed by atoms with Gasteiger partial charge in [-0.15, -0.1) is 0 Å². The van der Waals surface area contributed by atoms with Crippen molar-refractivity contribution in [3.05, 3.63) is 30.1 Å². The second-order valence-electron chi connectivity index (χ2n) is 2.97. The third-order valence-electron chi connectivity index (χ3n) is 2.19. The van der Waals surface area contributed by atoms with Gasteiger partial charge in [-0.25, -0.2) is 14.5 Å². The Bertz CT molecular complexity index is 622. The molecule has 0 aliphatic rings. The molecule has 5 heteroatoms. The number of carbonyl (C=O) groups excluding carboxylic acids is 1. The molecule has 0 saturated heterocycles. The summed E-state index contributed by atoms with van der Waals surface area (Å²) in [5, 5.41) is 2.92. The number of aldehydes is 1. The molecule has 14 heavy (non-hydrogen) atoms. The van der Waals surface area contributed by atoms with Crippen molar-refractivity contribution >= 4 is 23.1 Å². The molecule has 0 unspecified atom stereocenters. The molecule has 0 atom stereocenters. The fraction of sp³-hybridized carbons (Fsp3) is 0. The van der Waals surface area contributed by atoms with Crippen molar-refractivity contribution in [2.75, 3.05) is 0 Å². The van der Waals surface area contributed by atoms with Crippen LogP contribution in [0.15, 0.2) is 24.5 Å². The smallest absolute Gasteiger partial charge is 0.251 e. The number of aromatic nitrogens is 4. The number of rotatable bonds is 1. The van der Waals surface area contributed by atoms with Crippen molar-refractivity contribution in [1.82, 2.24) is 19.6 Å². The van der Waals surface area contributed by atoms with Gasteiger partial charge in [-0.1, -0.05) is 6.07 Å². The summed E-state index contributed by atoms with van der Waals surface area (Å²) in [6.07, 6.45) is 2.37. The van der Waals surface area contributed by atoms with E-state index in [1.165, 1.54) is 0 Å². The van der Waals surface area contributed by atoms with E-state index in [1.807, 2.05) is 12.1 Å². The van der Waals surface area contributed by atoms with E-state index in [0.29, 0.717) is 16.9 Å². The molecule has 0 aliphatic heterocycles. The van der Waals surface area contributed by atoms with Crippen molar-refractivity contribution in [1.29, 1.82) is 0 Å². The number of H-pyrrole nitrogens is 1. The maximum Gasteiger partial charge on any atom is 0.251 e. The number of nitrogens with one attached hydrogen (secondary N) is 1. The van der Waals surface area contributed by atoms with Crippen LogP contribution in [0.4, 0.5) is 0 Å². The number of nitrogens with zero attached hydrogens (tertiary/aromatic N) is 3. The van der Waals surface area contributed by atoms with Gasteiger partial charge in [-0.3, -0.25) is 9.89 Å². The summed E-state index contributed by atoms with van der Waals surface area (Å²) < 4.78 is 1.74. The Kier molecular flexibility index (Phi) is 1.25. The summed E-state index contributed by atoms with van der Waals surface area (Å²) in [6.45, 7) is 0. The molecule has 2 aromatic heterocycles. The molecular weight excluding hydrogens is 180 g/mol. The number of aromatic amines is 1. The molecule has 0 aliphatic carbocycles. The van der Waals surface area contributed by atoms with E-state index in [2.05, 4.69) is 15.1 Å². The second kappa shape index (κ2) is 2.41. The Hall–Kier alpha value is -2.17. The first-order valence-electron chi connectivity index (χ1n) is 4.16. The highest BCUT2D eigenvalue weighted by atomic mass is 16.1. The van der Waals surface area contributed by atoms with Crippen molar-refractivity contribution < 1.29 is 4.79 Å². The van der Waals surface area contributed by atoms with E-state index in [4.69, 9.17) is 0 Å². The van der Waals surface area contributed by atoms with Gasteiger partial charge in [0.15, 0.2) is 6.29 Å². The Morgan fingerprint density at radius 2 is 2.36 bits per heavy atom. The number of para-hydroxylation sites is 1. The van der Waals surface area contributed by atoms with Crippen molar-refractivity contribution in [2.45, 2.75) is 0 Å². The number of benzene rings is 1. The zero-order valence-corrected chi connectivity index (χ0v) is 7.14. The lowest BCUT2D eigenvalue weighted by molar-refractivity contribution is 0.112. The zero-order valence-electron chi connectivity index (χ0n) is 7.14. The van der Waals surface area contributed by atoms with E-state index < -0.39 is 0 Å². The Morgan fingerprint density at radius 1 is 1.43 bits per heavy atom. The lowest BCUT2D eigenvalue weighted by atomic mass is 10.2. The molecule has 0 amide bonds. The molecule has 0 saturated carbocycles. The first-order chi connectivity index (χ1) is 6.90. The van der Waals surface area contributed by atoms with Crippen LogP contribution >= 0.6 is 0 Å². The van der Waals surface area contributed by atoms with Gasteiger partial charge in [0.05, 0.1) is 5.52 Å². The van der Waals surface area contributed by atoms with E-state index >= 15 is 0 Å². The lowest BCUT2D eigenvalue weighted by Gasteiger charge is -1.91. The summed E-state index contributed by atoms with van der Waals surface area (Å²) in [6, 6.07) is 5.45. The van der Waals surface area contributed by atoms with Gasteiger partial charge >= 0.3 is 0 Å². The minimum absolute atomic E-state index is 0.578. The molecular formula is C9H6N4O. The fourth-order valence-corrected chi connectivity index (χ4v) is 1.56. The lowest BCUT2D eigenvalue weighted by Crippen LogP contribution is -1.84. The largest absolute Gasteiger partial charge is 0.298 e. The molecule has 5 nitrogen and oxygen atoms in total. The SMILES string of the molecule is O=Cc1cccc2c1nc1nc[nH]n12. The second-order valence-corrected chi connectivity index (χ2v) is 2.97. The summed E-state index contributed by atoms with van der Waals surface area (Å²) >= 11 is 0. The average molecular weight is 186 g/mol. The van der Waals surface area contributed by atoms with Crippen LogP contribution in [-0.4, -0.2) is 25.9 Å². The number of imidazole rings is 1. The highest BCUT2D eigenvalue weighted by molar-refractivity contribution is 5.95. The molecule has 3 aromatic rings. The third-order valence-corrected chi connectivity index (χ3v) is 2.19. The van der Waals surface area contributed by atoms with E-state index in [0.717, 1.165) is 11.8 Å². The molecule has 68 valence electrons. The average Bonchev–Trinajstić information content (AvgIpc) is 2.76. The predicted molar refractivity (Wildman–Crippen MR) is 50.2 cm³/mol. The van der Waals surface area contributed by atoms with Crippen LogP contribution < -0.4 is 0 Å². The molecule has 0 spiro atoms. The van der Waals surface area contributed by atoms with Gasteiger partial charge in [0, 0.05) is 5.56 Å². The van der Waals surface area contributed by atoms with E-state index in [-0.39, 0.29) is 0 Å². The predicted octanol–water partition coefficient (Wildman–Crippen LogP) is 1.02. The Balaban J connectivity index is 2.60. The van der Waals surface area contributed by atoms with Crippen LogP contribution in [0.1, 0.15) is 10.4 Å². The topological polar surface area (TPSA) is 63.0 Å². The first-order valence-corrected chi connectivity index (χ1v) is 4.16. The summed E-state index contributed by atoms with van der Waals surface area (Å²) in [7, 11) is 0. The maximum atomic E-state index is 10.7. The van der Waals surface area contributed by atoms with Gasteiger partial charge in [-0.2, -0.15) is 0 Å². The van der Waals surface area contributed by atoms with Crippen LogP contribution in [0.2, 0.25) is 0 Å². The van der Waals surface area contributed by atoms with Crippen molar-refractivity contribution in [3.63, 3.8) is 0 Å². The maximum absolute atomic E-state index is 10.7. The quantitative estimate of drug-likeness (QED) is 0.577. The number of carbonyl (C=O) groups is 1. The highest BCUT2D eigenvalue weighted by Gasteiger charge is 2.08. The van der Waals surface area contributed by atoms with Crippen LogP contribution in [0.25, 0.3) is 16.8 Å². The zero-order chi connectivity index (χ0) is 9.54. The first kappa shape index (κ1) is 7.25. The standard InChI is InChI=1S/C9H6N4O/c14-4-6-2-1-3-7-8(6)12-9-10-5-11-13(7)9/h1-5H,(H,10,11,12). The third kappa shape index (κ3) is 0.756. The summed E-state index contributed by atoms with van der Waals surface area (Å²) in [4.78, 5) is 19.0. The molecule has 0 radical (unpaired) electrons. The van der Waals surface area contributed by atoms with Gasteiger partial charge in [0.1, 0.15) is 11.8 Å². The molecule has 1 aromatic carbocycles. The normalized spacial score (nSPS) is 11.1. The molecule has 1 N–H and O–H groups in total. The summed E-state index contributed by atoms with van der Waals surface area (Å²) in [5.74, 6) is 0.578. The molecule has 0 fully saturated rings. The Labute approximate surface area is 78.4 Å². The molecule has 0 bridgehead atoms. The highest BCUT2D eigenvalue weighted by Crippen LogP contribution is 2.16. The van der Waals surface area contributed by atoms with Gasteiger partial charge < -0.3 is 0 Å². The van der Waals surface area contributed by atoms with Gasteiger partial charge in [0.2, 0.25) is 0 Å². The number of hydrogen-bond donors (Lipinski definition) is 1. The molecule has 2 heterocycles. The van der Waals surface area contributed by atoms with Gasteiger partial charge in [0.25, 0.3) is 5.78 Å². The van der Waals surface area contributed by atoms with Crippen molar-refractivity contribution in [3.8, 4) is 0 Å². The van der Waals surface area contributed by atoms with Gasteiger partial charge in [-0.05, 0) is 12.1 Å². The van der Waals surface area contributed by atoms with E-state index in [1.54, 1.807) is 16.9 Å². The molecule has 3 rings (SSSR count). The van der Waals surface area contributed by atoms with E-state index in [9.17, 15) is 4.79 Å². The number of hydrogen-bond acceptors (Lipinski definition) is 3. The van der Waals surface area contributed by atoms with Crippen LogP contribution in [0, 0.1) is 0 Å². The van der Waals surface area contributed by atoms with Crippen LogP contribution in [0.5, 0.6) is 0 Å². The van der Waals surface area contributed by atoms with Crippen LogP contribution in [-0.2, 0) is 0 Å². The minimum atomic E-state index is 0.578. The summed E-state index contributed by atoms with van der Waals surface area (Å²) in [5.41, 5.74) is 2.13. The van der Waals surface area contributed by atoms with Crippen LogP contribution in [0.3, 0.4) is 0 Å². The monoisotopic (exact) mass is 186 g/mol.